The number of hydrogen-bond donors (Lipinski definition) is 1. The van der Waals surface area contributed by atoms with E-state index in [1.807, 2.05) is 60.7 Å². The molecule has 136 valence electrons. The van der Waals surface area contributed by atoms with Crippen LogP contribution in [0.2, 0.25) is 5.02 Å². The molecule has 0 saturated carbocycles. The van der Waals surface area contributed by atoms with Crippen LogP contribution in [0.3, 0.4) is 0 Å². The molecule has 3 aromatic rings. The monoisotopic (exact) mass is 394 g/mol. The number of hydrogen-bond acceptors (Lipinski definition) is 3. The Hall–Kier alpha value is -2.43. The molecule has 0 atom stereocenters. The zero-order valence-corrected chi connectivity index (χ0v) is 16.3. The van der Waals surface area contributed by atoms with Gasteiger partial charge in [-0.1, -0.05) is 53.7 Å². The van der Waals surface area contributed by atoms with Gasteiger partial charge in [0.15, 0.2) is 0 Å². The van der Waals surface area contributed by atoms with Crippen LogP contribution < -0.4 is 10.2 Å². The molecule has 0 bridgehead atoms. The topological polar surface area (TPSA) is 32.3 Å². The maximum Gasteiger partial charge on any atom is 0.243 e. The first-order valence-corrected chi connectivity index (χ1v) is 10.0. The largest absolute Gasteiger partial charge is 0.362 e. The van der Waals surface area contributed by atoms with Crippen molar-refractivity contribution in [1.82, 2.24) is 0 Å². The van der Waals surface area contributed by atoms with Gasteiger partial charge in [0.05, 0.1) is 12.2 Å². The summed E-state index contributed by atoms with van der Waals surface area (Å²) >= 11 is 7.57. The van der Waals surface area contributed by atoms with E-state index in [9.17, 15) is 4.79 Å². The van der Waals surface area contributed by atoms with E-state index in [1.165, 1.54) is 5.56 Å². The molecule has 0 radical (unpaired) electrons. The molecule has 0 aliphatic carbocycles. The molecule has 0 aromatic heterocycles. The molecular weight excluding hydrogens is 376 g/mol. The Labute approximate surface area is 168 Å². The number of anilines is 2. The predicted octanol–water partition coefficient (Wildman–Crippen LogP) is 5.49. The molecule has 0 saturated heterocycles. The number of carbonyl (C=O) groups is 1. The first-order valence-electron chi connectivity index (χ1n) is 8.84. The van der Waals surface area contributed by atoms with Crippen LogP contribution in [-0.4, -0.2) is 19.0 Å². The van der Waals surface area contributed by atoms with E-state index in [0.29, 0.717) is 11.6 Å². The minimum atomic E-state index is -0.00383. The summed E-state index contributed by atoms with van der Waals surface area (Å²) < 4.78 is 0. The molecule has 1 N–H and O–H groups in total. The molecule has 3 aromatic carbocycles. The first kappa shape index (κ1) is 18.0. The third-order valence-corrected chi connectivity index (χ3v) is 5.86. The summed E-state index contributed by atoms with van der Waals surface area (Å²) in [5, 5.41) is 3.79. The zero-order valence-electron chi connectivity index (χ0n) is 14.7. The van der Waals surface area contributed by atoms with Crippen molar-refractivity contribution in [2.75, 3.05) is 23.3 Å². The van der Waals surface area contributed by atoms with Crippen LogP contribution in [0.4, 0.5) is 11.4 Å². The fourth-order valence-electron chi connectivity index (χ4n) is 3.22. The average Bonchev–Trinajstić information content (AvgIpc) is 3.08. The summed E-state index contributed by atoms with van der Waals surface area (Å²) in [7, 11) is 0. The maximum absolute atomic E-state index is 12.6. The van der Waals surface area contributed by atoms with Crippen LogP contribution >= 0.6 is 23.4 Å². The van der Waals surface area contributed by atoms with Gasteiger partial charge in [0.25, 0.3) is 0 Å². The minimum Gasteiger partial charge on any atom is -0.362 e. The second-order valence-corrected chi connectivity index (χ2v) is 7.95. The van der Waals surface area contributed by atoms with E-state index in [-0.39, 0.29) is 5.91 Å². The summed E-state index contributed by atoms with van der Waals surface area (Å²) in [5.41, 5.74) is 3.30. The lowest BCUT2D eigenvalue weighted by molar-refractivity contribution is -0.115. The van der Waals surface area contributed by atoms with E-state index >= 15 is 0 Å². The highest BCUT2D eigenvalue weighted by Gasteiger charge is 2.20. The summed E-state index contributed by atoms with van der Waals surface area (Å²) in [5.74, 6) is -0.00383. The lowest BCUT2D eigenvalue weighted by Crippen LogP contribution is -2.32. The van der Waals surface area contributed by atoms with Gasteiger partial charge in [-0.05, 0) is 54.4 Å². The van der Waals surface area contributed by atoms with Crippen molar-refractivity contribution in [3.05, 3.63) is 83.4 Å². The van der Waals surface area contributed by atoms with Crippen LogP contribution in [0, 0.1) is 0 Å². The third kappa shape index (κ3) is 4.29. The summed E-state index contributed by atoms with van der Waals surface area (Å²) in [6.07, 6.45) is 0.993. The number of carbonyl (C=O) groups excluding carboxylic acids is 1. The van der Waals surface area contributed by atoms with Gasteiger partial charge in [-0.3, -0.25) is 4.79 Å². The second-order valence-electron chi connectivity index (χ2n) is 6.40. The van der Waals surface area contributed by atoms with Gasteiger partial charge < -0.3 is 10.2 Å². The van der Waals surface area contributed by atoms with E-state index in [4.69, 9.17) is 11.6 Å². The van der Waals surface area contributed by atoms with Crippen LogP contribution in [0.5, 0.6) is 0 Å². The van der Waals surface area contributed by atoms with Crippen LogP contribution in [0.15, 0.2) is 82.6 Å². The Morgan fingerprint density at radius 1 is 1.00 bits per heavy atom. The predicted molar refractivity (Wildman–Crippen MR) is 113 cm³/mol. The van der Waals surface area contributed by atoms with Gasteiger partial charge >= 0.3 is 0 Å². The molecule has 5 heteroatoms. The van der Waals surface area contributed by atoms with Crippen molar-refractivity contribution in [1.29, 1.82) is 0 Å². The number of amides is 1. The van der Waals surface area contributed by atoms with E-state index in [2.05, 4.69) is 22.3 Å². The Kier molecular flexibility index (Phi) is 5.37. The Morgan fingerprint density at radius 3 is 2.59 bits per heavy atom. The summed E-state index contributed by atoms with van der Waals surface area (Å²) in [6, 6.07) is 23.8. The van der Waals surface area contributed by atoms with Gasteiger partial charge in [0.2, 0.25) is 5.91 Å². The minimum absolute atomic E-state index is 0.00383. The number of nitrogens with one attached hydrogen (secondary N) is 1. The molecular formula is C22H19ClN2OS. The van der Waals surface area contributed by atoms with Crippen molar-refractivity contribution in [2.24, 2.45) is 0 Å². The standard InChI is InChI=1S/C22H19ClN2OS/c23-17-9-11-18(12-10-17)27-21-8-4-2-6-19(21)24-22(26)15-25-14-13-16-5-1-3-7-20(16)25/h1-12H,13-15H2,(H,24,26). The molecule has 1 amide bonds. The molecule has 1 aliphatic heterocycles. The lowest BCUT2D eigenvalue weighted by Gasteiger charge is -2.19. The van der Waals surface area contributed by atoms with Gasteiger partial charge in [0, 0.05) is 27.0 Å². The number of halogens is 1. The quantitative estimate of drug-likeness (QED) is 0.620. The first-order chi connectivity index (χ1) is 13.2. The van der Waals surface area contributed by atoms with Crippen LogP contribution in [0.25, 0.3) is 0 Å². The van der Waals surface area contributed by atoms with Gasteiger partial charge in [-0.2, -0.15) is 0 Å². The fourth-order valence-corrected chi connectivity index (χ4v) is 4.25. The van der Waals surface area contributed by atoms with Crippen molar-refractivity contribution >= 4 is 40.6 Å². The van der Waals surface area contributed by atoms with Gasteiger partial charge in [0.1, 0.15) is 0 Å². The normalized spacial score (nSPS) is 12.7. The molecule has 0 unspecified atom stereocenters. The van der Waals surface area contributed by atoms with Crippen molar-refractivity contribution < 1.29 is 4.79 Å². The number of benzene rings is 3. The number of nitrogens with zero attached hydrogens (tertiary/aromatic N) is 1. The molecule has 27 heavy (non-hydrogen) atoms. The number of para-hydroxylation sites is 2. The summed E-state index contributed by atoms with van der Waals surface area (Å²) in [6.45, 7) is 1.24. The highest BCUT2D eigenvalue weighted by Crippen LogP contribution is 2.34. The zero-order chi connectivity index (χ0) is 18.6. The van der Waals surface area contributed by atoms with E-state index in [1.54, 1.807) is 11.8 Å². The maximum atomic E-state index is 12.6. The molecule has 0 spiro atoms. The highest BCUT2D eigenvalue weighted by molar-refractivity contribution is 7.99. The Balaban J connectivity index is 1.45. The second kappa shape index (κ2) is 8.07. The number of rotatable bonds is 5. The van der Waals surface area contributed by atoms with Crippen LogP contribution in [-0.2, 0) is 11.2 Å². The third-order valence-electron chi connectivity index (χ3n) is 4.52. The number of fused-ring (bicyclic) bond motifs is 1. The van der Waals surface area contributed by atoms with E-state index in [0.717, 1.165) is 34.1 Å². The summed E-state index contributed by atoms with van der Waals surface area (Å²) in [4.78, 5) is 16.9. The fraction of sp³-hybridized carbons (Fsp3) is 0.136. The molecule has 1 aliphatic rings. The van der Waals surface area contributed by atoms with Crippen molar-refractivity contribution in [3.8, 4) is 0 Å². The smallest absolute Gasteiger partial charge is 0.243 e. The van der Waals surface area contributed by atoms with Crippen LogP contribution in [0.1, 0.15) is 5.56 Å². The molecule has 3 nitrogen and oxygen atoms in total. The van der Waals surface area contributed by atoms with Gasteiger partial charge in [-0.25, -0.2) is 0 Å². The van der Waals surface area contributed by atoms with Crippen molar-refractivity contribution in [2.45, 2.75) is 16.2 Å². The van der Waals surface area contributed by atoms with E-state index < -0.39 is 0 Å². The Morgan fingerprint density at radius 2 is 1.74 bits per heavy atom. The van der Waals surface area contributed by atoms with Gasteiger partial charge in [-0.15, -0.1) is 0 Å². The Bertz CT molecular complexity index is 959. The highest BCUT2D eigenvalue weighted by atomic mass is 35.5. The SMILES string of the molecule is O=C(CN1CCc2ccccc21)Nc1ccccc1Sc1ccc(Cl)cc1. The molecule has 4 rings (SSSR count). The molecule has 0 fully saturated rings. The lowest BCUT2D eigenvalue weighted by atomic mass is 10.2. The molecule has 1 heterocycles. The van der Waals surface area contributed by atoms with Crippen molar-refractivity contribution in [3.63, 3.8) is 0 Å². The average molecular weight is 395 g/mol.